The topological polar surface area (TPSA) is 72.0 Å². The lowest BCUT2D eigenvalue weighted by molar-refractivity contribution is -0.432. The van der Waals surface area contributed by atoms with E-state index in [1.165, 1.54) is 0 Å². The Hall–Kier alpha value is -0.0300. The van der Waals surface area contributed by atoms with E-state index in [1.54, 1.807) is 7.05 Å². The summed E-state index contributed by atoms with van der Waals surface area (Å²) in [5, 5.41) is 18.5. The number of ether oxygens (including phenoxy) is 1. The fraction of sp³-hybridized carbons (Fsp3) is 0.400. The molecule has 0 saturated carbocycles. The molecule has 19 heavy (non-hydrogen) atoms. The third-order valence-electron chi connectivity index (χ3n) is 2.06. The summed E-state index contributed by atoms with van der Waals surface area (Å²) < 4.78 is 9.82. The lowest BCUT2D eigenvalue weighted by Crippen LogP contribution is -2.13. The Kier molecular flexibility index (Phi) is 8.79. The molecule has 0 bridgehead atoms. The van der Waals surface area contributed by atoms with Crippen molar-refractivity contribution >= 4 is 55.3 Å². The molecule has 0 heterocycles. The average Bonchev–Trinajstić information content (AvgIpc) is 2.45. The van der Waals surface area contributed by atoms with E-state index in [-0.39, 0.29) is 5.01 Å². The summed E-state index contributed by atoms with van der Waals surface area (Å²) in [4.78, 5) is 0.779. The number of alkyl halides is 2. The van der Waals surface area contributed by atoms with Crippen LogP contribution in [0, 0.1) is 0 Å². The molecule has 0 saturated heterocycles. The van der Waals surface area contributed by atoms with Crippen LogP contribution in [-0.2, 0) is 14.1 Å². The van der Waals surface area contributed by atoms with E-state index in [1.807, 2.05) is 18.2 Å². The van der Waals surface area contributed by atoms with E-state index >= 15 is 0 Å². The van der Waals surface area contributed by atoms with Crippen molar-refractivity contribution in [2.75, 3.05) is 29.7 Å². The van der Waals surface area contributed by atoms with Crippen LogP contribution in [0.2, 0.25) is 0 Å². The molecular weight excluding hydrogens is 404 g/mol. The number of rotatable bonds is 9. The van der Waals surface area contributed by atoms with Crippen molar-refractivity contribution in [3.8, 4) is 0 Å². The molecule has 1 aromatic carbocycles. The highest BCUT2D eigenvalue weighted by atomic mass is 79.9. The van der Waals surface area contributed by atoms with Gasteiger partial charge in [0.15, 0.2) is 0 Å². The molecule has 0 aliphatic heterocycles. The van der Waals surface area contributed by atoms with Crippen molar-refractivity contribution < 1.29 is 19.4 Å². The quantitative estimate of drug-likeness (QED) is 0.186. The van der Waals surface area contributed by atoms with E-state index < -0.39 is 0 Å². The van der Waals surface area contributed by atoms with Gasteiger partial charge in [-0.3, -0.25) is 0 Å². The van der Waals surface area contributed by atoms with Crippen LogP contribution in [0.1, 0.15) is 0 Å². The lowest BCUT2D eigenvalue weighted by atomic mass is 10.3. The number of benzene rings is 1. The molecule has 0 aliphatic carbocycles. The van der Waals surface area contributed by atoms with Crippen molar-refractivity contribution in [2.24, 2.45) is 0 Å². The van der Waals surface area contributed by atoms with Crippen LogP contribution in [-0.4, -0.2) is 29.4 Å². The number of nitrogens with one attached hydrogen (secondary N) is 2. The van der Waals surface area contributed by atoms with Crippen LogP contribution >= 0.6 is 43.9 Å². The van der Waals surface area contributed by atoms with Gasteiger partial charge in [-0.05, 0) is 18.2 Å². The smallest absolute Gasteiger partial charge is 0.124 e. The van der Waals surface area contributed by atoms with Crippen molar-refractivity contribution in [2.45, 2.75) is 9.91 Å². The second-order valence-electron chi connectivity index (χ2n) is 3.24. The Morgan fingerprint density at radius 2 is 2.26 bits per heavy atom. The molecular formula is C10H14Br2N2O4S. The molecule has 108 valence electrons. The number of hydrogen-bond donors (Lipinski definition) is 3. The molecule has 0 radical (unpaired) electrons. The van der Waals surface area contributed by atoms with Gasteiger partial charge in [0.1, 0.15) is 11.7 Å². The lowest BCUT2D eigenvalue weighted by Gasteiger charge is -2.13. The summed E-state index contributed by atoms with van der Waals surface area (Å²) in [6, 6.07) is 5.59. The van der Waals surface area contributed by atoms with E-state index in [2.05, 4.69) is 51.9 Å². The van der Waals surface area contributed by atoms with Crippen molar-refractivity contribution in [1.82, 2.24) is 0 Å². The van der Waals surface area contributed by atoms with Crippen molar-refractivity contribution in [1.29, 1.82) is 0 Å². The van der Waals surface area contributed by atoms with Crippen LogP contribution in [0.4, 0.5) is 11.4 Å². The van der Waals surface area contributed by atoms with Crippen LogP contribution in [0.15, 0.2) is 23.1 Å². The zero-order valence-corrected chi connectivity index (χ0v) is 14.0. The highest BCUT2D eigenvalue weighted by molar-refractivity contribution is 9.12. The van der Waals surface area contributed by atoms with Gasteiger partial charge in [0.05, 0.1) is 22.6 Å². The Balaban J connectivity index is 2.55. The molecule has 0 aromatic heterocycles. The predicted molar refractivity (Wildman–Crippen MR) is 82.7 cm³/mol. The van der Waals surface area contributed by atoms with Crippen LogP contribution in [0.5, 0.6) is 0 Å². The molecule has 1 unspecified atom stereocenters. The summed E-state index contributed by atoms with van der Waals surface area (Å²) in [6.45, 7) is 0.382. The van der Waals surface area contributed by atoms with Gasteiger partial charge >= 0.3 is 0 Å². The zero-order valence-electron chi connectivity index (χ0n) is 10.1. The largest absolute Gasteiger partial charge is 0.387 e. The van der Waals surface area contributed by atoms with Gasteiger partial charge in [-0.25, -0.2) is 5.26 Å². The van der Waals surface area contributed by atoms with Crippen LogP contribution in [0.3, 0.4) is 0 Å². The summed E-state index contributed by atoms with van der Waals surface area (Å²) >= 11 is 7.54. The number of hydrogen-bond acceptors (Lipinski definition) is 7. The molecule has 0 aliphatic rings. The minimum atomic E-state index is -0.0336. The van der Waals surface area contributed by atoms with Gasteiger partial charge in [-0.15, -0.1) is 4.33 Å². The van der Waals surface area contributed by atoms with E-state index in [9.17, 15) is 0 Å². The second kappa shape index (κ2) is 9.81. The second-order valence-corrected chi connectivity index (χ2v) is 5.65. The van der Waals surface area contributed by atoms with Crippen LogP contribution < -0.4 is 10.6 Å². The Labute approximate surface area is 132 Å². The van der Waals surface area contributed by atoms with Gasteiger partial charge in [0.25, 0.3) is 0 Å². The molecule has 0 fully saturated rings. The van der Waals surface area contributed by atoms with Gasteiger partial charge in [-0.2, -0.15) is 0 Å². The van der Waals surface area contributed by atoms with Crippen LogP contribution in [0.25, 0.3) is 0 Å². The number of anilines is 2. The van der Waals surface area contributed by atoms with Crippen molar-refractivity contribution in [3.05, 3.63) is 18.2 Å². The fourth-order valence-corrected chi connectivity index (χ4v) is 2.02. The fourth-order valence-electron chi connectivity index (χ4n) is 1.22. The zero-order chi connectivity index (χ0) is 14.1. The minimum absolute atomic E-state index is 0.0336. The van der Waals surface area contributed by atoms with E-state index in [0.717, 1.165) is 28.3 Å². The first kappa shape index (κ1) is 17.0. The molecule has 1 atom stereocenters. The third-order valence-corrected chi connectivity index (χ3v) is 4.77. The summed E-state index contributed by atoms with van der Waals surface area (Å²) in [5.74, 6) is 0. The Morgan fingerprint density at radius 1 is 1.47 bits per heavy atom. The Bertz CT molecular complexity index is 387. The highest BCUT2D eigenvalue weighted by Gasteiger charge is 2.06. The first-order valence-electron chi connectivity index (χ1n) is 5.23. The highest BCUT2D eigenvalue weighted by Crippen LogP contribution is 2.30. The predicted octanol–water partition coefficient (Wildman–Crippen LogP) is 3.66. The SMILES string of the molecule is CNc1cc(NCOC(Br)CBr)ccc1SOOO. The Morgan fingerprint density at radius 3 is 2.89 bits per heavy atom. The monoisotopic (exact) mass is 416 g/mol. The summed E-state index contributed by atoms with van der Waals surface area (Å²) in [5.41, 5.74) is 1.73. The maximum absolute atomic E-state index is 8.14. The molecule has 9 heteroatoms. The normalized spacial score (nSPS) is 12.2. The van der Waals surface area contributed by atoms with Gasteiger partial charge in [0, 0.05) is 18.1 Å². The van der Waals surface area contributed by atoms with E-state index in [0.29, 0.717) is 12.1 Å². The molecule has 6 nitrogen and oxygen atoms in total. The first-order valence-corrected chi connectivity index (χ1v) is 8.01. The maximum Gasteiger partial charge on any atom is 0.124 e. The molecule has 1 aromatic rings. The molecule has 0 spiro atoms. The standard InChI is InChI=1S/C10H14Br2N2O4S/c1-13-8-4-7(14-6-16-10(12)5-11)2-3-9(8)19-18-17-15/h2-4,10,13-15H,5-6H2,1H3. The van der Waals surface area contributed by atoms with Gasteiger partial charge in [0.2, 0.25) is 0 Å². The molecule has 3 N–H and O–H groups in total. The number of halogens is 2. The average molecular weight is 418 g/mol. The summed E-state index contributed by atoms with van der Waals surface area (Å²) in [6.07, 6.45) is 0. The molecule has 1 rings (SSSR count). The minimum Gasteiger partial charge on any atom is -0.387 e. The third kappa shape index (κ3) is 6.30. The van der Waals surface area contributed by atoms with Gasteiger partial charge < -0.3 is 15.4 Å². The van der Waals surface area contributed by atoms with Crippen molar-refractivity contribution in [3.63, 3.8) is 0 Å². The maximum atomic E-state index is 8.14. The van der Waals surface area contributed by atoms with Gasteiger partial charge in [-0.1, -0.05) is 36.9 Å². The summed E-state index contributed by atoms with van der Waals surface area (Å²) in [7, 11) is 1.79. The first-order chi connectivity index (χ1) is 9.21. The molecule has 0 amide bonds. The van der Waals surface area contributed by atoms with E-state index in [4.69, 9.17) is 9.99 Å².